The average Bonchev–Trinajstić information content (AvgIpc) is 2.17. The number of methoxy groups -OCH3 is 1. The molecule has 1 unspecified atom stereocenters. The third-order valence-electron chi connectivity index (χ3n) is 1.74. The first kappa shape index (κ1) is 14.3. The summed E-state index contributed by atoms with van der Waals surface area (Å²) in [7, 11) is 1.61. The van der Waals surface area contributed by atoms with E-state index in [1.54, 1.807) is 7.11 Å². The van der Waals surface area contributed by atoms with Gasteiger partial charge in [-0.1, -0.05) is 0 Å². The number of ether oxygens (including phenoxy) is 2. The molecule has 0 aliphatic heterocycles. The number of carbonyl (C=O) groups is 1. The SMILES string of the molecule is CCOCCNCC(=O)NC(C)COC. The van der Waals surface area contributed by atoms with Crippen molar-refractivity contribution in [2.24, 2.45) is 0 Å². The number of hydrogen-bond acceptors (Lipinski definition) is 4. The van der Waals surface area contributed by atoms with Gasteiger partial charge in [-0.2, -0.15) is 0 Å². The molecule has 0 saturated heterocycles. The van der Waals surface area contributed by atoms with Crippen molar-refractivity contribution in [1.82, 2.24) is 10.6 Å². The van der Waals surface area contributed by atoms with E-state index >= 15 is 0 Å². The van der Waals surface area contributed by atoms with Gasteiger partial charge in [0.1, 0.15) is 0 Å². The van der Waals surface area contributed by atoms with Crippen molar-refractivity contribution in [3.63, 3.8) is 0 Å². The molecule has 15 heavy (non-hydrogen) atoms. The Morgan fingerprint density at radius 3 is 2.80 bits per heavy atom. The van der Waals surface area contributed by atoms with Crippen LogP contribution in [0.3, 0.4) is 0 Å². The number of nitrogens with one attached hydrogen (secondary N) is 2. The Kier molecular flexibility index (Phi) is 9.46. The normalized spacial score (nSPS) is 12.5. The minimum Gasteiger partial charge on any atom is -0.383 e. The van der Waals surface area contributed by atoms with Crippen molar-refractivity contribution in [2.75, 3.05) is 40.0 Å². The molecule has 0 aromatic rings. The predicted molar refractivity (Wildman–Crippen MR) is 58.8 cm³/mol. The Morgan fingerprint density at radius 1 is 1.47 bits per heavy atom. The van der Waals surface area contributed by atoms with Crippen LogP contribution < -0.4 is 10.6 Å². The second-order valence-corrected chi connectivity index (χ2v) is 3.30. The third kappa shape index (κ3) is 9.65. The Balaban J connectivity index is 3.32. The second kappa shape index (κ2) is 9.89. The molecule has 2 N–H and O–H groups in total. The van der Waals surface area contributed by atoms with Crippen LogP contribution in [-0.2, 0) is 14.3 Å². The maximum Gasteiger partial charge on any atom is 0.234 e. The zero-order valence-electron chi connectivity index (χ0n) is 9.84. The fourth-order valence-corrected chi connectivity index (χ4v) is 1.11. The lowest BCUT2D eigenvalue weighted by Crippen LogP contribution is -2.41. The van der Waals surface area contributed by atoms with E-state index in [2.05, 4.69) is 10.6 Å². The summed E-state index contributed by atoms with van der Waals surface area (Å²) in [6.07, 6.45) is 0. The summed E-state index contributed by atoms with van der Waals surface area (Å²) in [4.78, 5) is 11.3. The zero-order chi connectivity index (χ0) is 11.5. The van der Waals surface area contributed by atoms with Crippen LogP contribution >= 0.6 is 0 Å². The topological polar surface area (TPSA) is 59.6 Å². The van der Waals surface area contributed by atoms with Gasteiger partial charge in [-0.15, -0.1) is 0 Å². The van der Waals surface area contributed by atoms with Gasteiger partial charge in [0.25, 0.3) is 0 Å². The Bertz CT molecular complexity index is 165. The fraction of sp³-hybridized carbons (Fsp3) is 0.900. The number of hydrogen-bond donors (Lipinski definition) is 2. The van der Waals surface area contributed by atoms with Crippen molar-refractivity contribution in [1.29, 1.82) is 0 Å². The molecule has 0 bridgehead atoms. The molecule has 0 aromatic heterocycles. The lowest BCUT2D eigenvalue weighted by molar-refractivity contribution is -0.121. The molecule has 90 valence electrons. The van der Waals surface area contributed by atoms with Gasteiger partial charge in [0.05, 0.1) is 19.8 Å². The highest BCUT2D eigenvalue weighted by molar-refractivity contribution is 5.78. The van der Waals surface area contributed by atoms with Crippen molar-refractivity contribution >= 4 is 5.91 Å². The third-order valence-corrected chi connectivity index (χ3v) is 1.74. The van der Waals surface area contributed by atoms with Gasteiger partial charge in [-0.3, -0.25) is 4.79 Å². The zero-order valence-corrected chi connectivity index (χ0v) is 9.84. The van der Waals surface area contributed by atoms with Gasteiger partial charge in [0.15, 0.2) is 0 Å². The van der Waals surface area contributed by atoms with Crippen LogP contribution in [0.25, 0.3) is 0 Å². The Hall–Kier alpha value is -0.650. The van der Waals surface area contributed by atoms with Crippen LogP contribution in [0.1, 0.15) is 13.8 Å². The van der Waals surface area contributed by atoms with Gasteiger partial charge >= 0.3 is 0 Å². The van der Waals surface area contributed by atoms with Crippen LogP contribution in [0.4, 0.5) is 0 Å². The van der Waals surface area contributed by atoms with E-state index in [0.717, 1.165) is 0 Å². The fourth-order valence-electron chi connectivity index (χ4n) is 1.11. The second-order valence-electron chi connectivity index (χ2n) is 3.30. The van der Waals surface area contributed by atoms with Crippen molar-refractivity contribution < 1.29 is 14.3 Å². The van der Waals surface area contributed by atoms with Crippen LogP contribution in [0.5, 0.6) is 0 Å². The van der Waals surface area contributed by atoms with Gasteiger partial charge in [-0.25, -0.2) is 0 Å². The monoisotopic (exact) mass is 218 g/mol. The molecule has 1 amide bonds. The van der Waals surface area contributed by atoms with Gasteiger partial charge in [-0.05, 0) is 13.8 Å². The summed E-state index contributed by atoms with van der Waals surface area (Å²) in [6, 6.07) is 0.0520. The summed E-state index contributed by atoms with van der Waals surface area (Å²) in [5.41, 5.74) is 0. The van der Waals surface area contributed by atoms with Crippen LogP contribution in [0.15, 0.2) is 0 Å². The number of rotatable bonds is 9. The summed E-state index contributed by atoms with van der Waals surface area (Å²) < 4.78 is 10.0. The molecule has 0 radical (unpaired) electrons. The van der Waals surface area contributed by atoms with E-state index in [1.807, 2.05) is 13.8 Å². The minimum atomic E-state index is -0.0175. The maximum atomic E-state index is 11.3. The highest BCUT2D eigenvalue weighted by Crippen LogP contribution is 1.81. The van der Waals surface area contributed by atoms with Crippen LogP contribution in [0.2, 0.25) is 0 Å². The minimum absolute atomic E-state index is 0.0175. The van der Waals surface area contributed by atoms with E-state index in [4.69, 9.17) is 9.47 Å². The predicted octanol–water partition coefficient (Wildman–Crippen LogP) is -0.236. The standard InChI is InChI=1S/C10H22N2O3/c1-4-15-6-5-11-7-10(13)12-9(2)8-14-3/h9,11H,4-8H2,1-3H3,(H,12,13). The van der Waals surface area contributed by atoms with E-state index < -0.39 is 0 Å². The molecular formula is C10H22N2O3. The van der Waals surface area contributed by atoms with Crippen molar-refractivity contribution in [2.45, 2.75) is 19.9 Å². The Morgan fingerprint density at radius 2 is 2.20 bits per heavy atom. The summed E-state index contributed by atoms with van der Waals surface area (Å²) >= 11 is 0. The molecule has 0 aliphatic carbocycles. The lowest BCUT2D eigenvalue weighted by Gasteiger charge is -2.12. The highest BCUT2D eigenvalue weighted by Gasteiger charge is 2.05. The van der Waals surface area contributed by atoms with Crippen molar-refractivity contribution in [3.05, 3.63) is 0 Å². The van der Waals surface area contributed by atoms with E-state index in [1.165, 1.54) is 0 Å². The van der Waals surface area contributed by atoms with Crippen molar-refractivity contribution in [3.8, 4) is 0 Å². The molecule has 0 aromatic carbocycles. The van der Waals surface area contributed by atoms with E-state index in [-0.39, 0.29) is 11.9 Å². The van der Waals surface area contributed by atoms with E-state index in [0.29, 0.717) is 32.9 Å². The average molecular weight is 218 g/mol. The quantitative estimate of drug-likeness (QED) is 0.525. The van der Waals surface area contributed by atoms with Gasteiger partial charge in [0, 0.05) is 26.3 Å². The molecule has 0 aliphatic rings. The molecular weight excluding hydrogens is 196 g/mol. The smallest absolute Gasteiger partial charge is 0.234 e. The molecule has 0 saturated carbocycles. The van der Waals surface area contributed by atoms with E-state index in [9.17, 15) is 4.79 Å². The molecule has 5 heteroatoms. The lowest BCUT2D eigenvalue weighted by atomic mass is 10.3. The van der Waals surface area contributed by atoms with Gasteiger partial charge in [0.2, 0.25) is 5.91 Å². The first-order chi connectivity index (χ1) is 7.20. The molecule has 0 fully saturated rings. The number of amides is 1. The van der Waals surface area contributed by atoms with Crippen LogP contribution in [-0.4, -0.2) is 52.0 Å². The molecule has 0 rings (SSSR count). The summed E-state index contributed by atoms with van der Waals surface area (Å²) in [5.74, 6) is -0.0175. The summed E-state index contributed by atoms with van der Waals surface area (Å²) in [5, 5.41) is 5.79. The largest absolute Gasteiger partial charge is 0.383 e. The molecule has 5 nitrogen and oxygen atoms in total. The maximum absolute atomic E-state index is 11.3. The van der Waals surface area contributed by atoms with Gasteiger partial charge < -0.3 is 20.1 Å². The van der Waals surface area contributed by atoms with Crippen LogP contribution in [0, 0.1) is 0 Å². The molecule has 0 heterocycles. The Labute approximate surface area is 91.5 Å². The highest BCUT2D eigenvalue weighted by atomic mass is 16.5. The first-order valence-electron chi connectivity index (χ1n) is 5.27. The summed E-state index contributed by atoms with van der Waals surface area (Å²) in [6.45, 7) is 6.74. The number of carbonyl (C=O) groups excluding carboxylic acids is 1. The molecule has 0 spiro atoms. The molecule has 1 atom stereocenters. The first-order valence-corrected chi connectivity index (χ1v) is 5.27.